The van der Waals surface area contributed by atoms with Gasteiger partial charge in [0, 0.05) is 32.7 Å². The molecule has 1 heterocycles. The molecule has 0 saturated carbocycles. The van der Waals surface area contributed by atoms with Crippen LogP contribution in [-0.2, 0) is 10.0 Å². The zero-order chi connectivity index (χ0) is 16.2. The van der Waals surface area contributed by atoms with Crippen molar-refractivity contribution in [2.45, 2.75) is 18.7 Å². The van der Waals surface area contributed by atoms with Crippen molar-refractivity contribution in [1.29, 1.82) is 0 Å². The van der Waals surface area contributed by atoms with Gasteiger partial charge in [0.25, 0.3) is 0 Å². The molecule has 0 unspecified atom stereocenters. The number of piperazine rings is 1. The summed E-state index contributed by atoms with van der Waals surface area (Å²) in [6, 6.07) is 8.57. The van der Waals surface area contributed by atoms with E-state index in [1.165, 1.54) is 4.31 Å². The number of hydrogen-bond acceptors (Lipinski definition) is 3. The SMILES string of the molecule is CC(C)CNC(=S)N1CCN(S(=O)(=O)c2ccccc2)CC1. The highest BCUT2D eigenvalue weighted by molar-refractivity contribution is 7.89. The van der Waals surface area contributed by atoms with Gasteiger partial charge in [-0.25, -0.2) is 8.42 Å². The molecule has 7 heteroatoms. The number of hydrogen-bond donors (Lipinski definition) is 1. The summed E-state index contributed by atoms with van der Waals surface area (Å²) in [6.45, 7) is 7.24. The van der Waals surface area contributed by atoms with Crippen LogP contribution in [0, 0.1) is 5.92 Å². The molecule has 0 radical (unpaired) electrons. The topological polar surface area (TPSA) is 52.6 Å². The third-order valence-electron chi connectivity index (χ3n) is 3.57. The fourth-order valence-corrected chi connectivity index (χ4v) is 3.99. The van der Waals surface area contributed by atoms with E-state index in [0.29, 0.717) is 42.1 Å². The Bertz CT molecular complexity index is 594. The second-order valence-electron chi connectivity index (χ2n) is 5.78. The molecule has 0 aromatic heterocycles. The second kappa shape index (κ2) is 7.39. The molecule has 2 rings (SSSR count). The van der Waals surface area contributed by atoms with Crippen molar-refractivity contribution < 1.29 is 8.42 Å². The van der Waals surface area contributed by atoms with Crippen LogP contribution in [0.5, 0.6) is 0 Å². The van der Waals surface area contributed by atoms with Crippen molar-refractivity contribution in [2.24, 2.45) is 5.92 Å². The summed E-state index contributed by atoms with van der Waals surface area (Å²) in [4.78, 5) is 2.39. The van der Waals surface area contributed by atoms with Crippen LogP contribution in [-0.4, -0.2) is 55.5 Å². The summed E-state index contributed by atoms with van der Waals surface area (Å²) < 4.78 is 26.6. The molecule has 5 nitrogen and oxygen atoms in total. The van der Waals surface area contributed by atoms with Crippen LogP contribution in [0.3, 0.4) is 0 Å². The Morgan fingerprint density at radius 1 is 1.18 bits per heavy atom. The van der Waals surface area contributed by atoms with E-state index in [4.69, 9.17) is 12.2 Å². The van der Waals surface area contributed by atoms with E-state index in [-0.39, 0.29) is 0 Å². The van der Waals surface area contributed by atoms with Crippen molar-refractivity contribution in [3.8, 4) is 0 Å². The number of thiocarbonyl (C=S) groups is 1. The molecule has 0 amide bonds. The molecular weight excluding hydrogens is 318 g/mol. The van der Waals surface area contributed by atoms with Crippen LogP contribution in [0.1, 0.15) is 13.8 Å². The molecule has 1 fully saturated rings. The van der Waals surface area contributed by atoms with E-state index in [9.17, 15) is 8.42 Å². The molecule has 0 atom stereocenters. The van der Waals surface area contributed by atoms with E-state index in [0.717, 1.165) is 6.54 Å². The number of sulfonamides is 1. The fraction of sp³-hybridized carbons (Fsp3) is 0.533. The third kappa shape index (κ3) is 4.18. The van der Waals surface area contributed by atoms with Gasteiger partial charge in [-0.1, -0.05) is 32.0 Å². The van der Waals surface area contributed by atoms with Gasteiger partial charge in [-0.15, -0.1) is 0 Å². The van der Waals surface area contributed by atoms with Gasteiger partial charge in [0.2, 0.25) is 10.0 Å². The minimum Gasteiger partial charge on any atom is -0.362 e. The molecule has 1 N–H and O–H groups in total. The Labute approximate surface area is 138 Å². The van der Waals surface area contributed by atoms with Crippen molar-refractivity contribution in [3.63, 3.8) is 0 Å². The number of benzene rings is 1. The Morgan fingerprint density at radius 3 is 2.32 bits per heavy atom. The lowest BCUT2D eigenvalue weighted by Gasteiger charge is -2.35. The molecule has 1 aromatic carbocycles. The molecule has 1 aromatic rings. The average molecular weight is 342 g/mol. The number of rotatable bonds is 4. The Kier molecular flexibility index (Phi) is 5.77. The molecule has 0 bridgehead atoms. The average Bonchev–Trinajstić information content (AvgIpc) is 2.53. The van der Waals surface area contributed by atoms with E-state index in [1.54, 1.807) is 24.3 Å². The normalized spacial score (nSPS) is 16.8. The van der Waals surface area contributed by atoms with Gasteiger partial charge in [-0.05, 0) is 30.3 Å². The quantitative estimate of drug-likeness (QED) is 0.842. The maximum Gasteiger partial charge on any atom is 0.243 e. The summed E-state index contributed by atoms with van der Waals surface area (Å²) in [7, 11) is -3.39. The summed E-state index contributed by atoms with van der Waals surface area (Å²) >= 11 is 5.36. The van der Waals surface area contributed by atoms with E-state index in [2.05, 4.69) is 19.2 Å². The van der Waals surface area contributed by atoms with Crippen LogP contribution in [0.4, 0.5) is 0 Å². The van der Waals surface area contributed by atoms with Crippen LogP contribution < -0.4 is 5.32 Å². The first-order valence-electron chi connectivity index (χ1n) is 7.49. The fourth-order valence-electron chi connectivity index (χ4n) is 2.28. The Hall–Kier alpha value is -1.18. The van der Waals surface area contributed by atoms with E-state index in [1.807, 2.05) is 11.0 Å². The standard InChI is InChI=1S/C15H23N3O2S2/c1-13(2)12-16-15(21)17-8-10-18(11-9-17)22(19,20)14-6-4-3-5-7-14/h3-7,13H,8-12H2,1-2H3,(H,16,21). The van der Waals surface area contributed by atoms with Crippen molar-refractivity contribution in [1.82, 2.24) is 14.5 Å². The first kappa shape index (κ1) is 17.2. The van der Waals surface area contributed by atoms with Gasteiger partial charge in [0.05, 0.1) is 4.90 Å². The molecule has 1 aliphatic heterocycles. The Morgan fingerprint density at radius 2 is 1.77 bits per heavy atom. The Balaban J connectivity index is 1.93. The van der Waals surface area contributed by atoms with Gasteiger partial charge >= 0.3 is 0 Å². The lowest BCUT2D eigenvalue weighted by molar-refractivity contribution is 0.263. The lowest BCUT2D eigenvalue weighted by atomic mass is 10.2. The summed E-state index contributed by atoms with van der Waals surface area (Å²) in [5.74, 6) is 0.526. The molecule has 0 aliphatic carbocycles. The maximum absolute atomic E-state index is 12.5. The molecule has 22 heavy (non-hydrogen) atoms. The smallest absolute Gasteiger partial charge is 0.243 e. The van der Waals surface area contributed by atoms with Crippen LogP contribution in [0.25, 0.3) is 0 Å². The van der Waals surface area contributed by atoms with Crippen molar-refractivity contribution in [2.75, 3.05) is 32.7 Å². The second-order valence-corrected chi connectivity index (χ2v) is 8.11. The molecule has 1 aliphatic rings. The summed E-state index contributed by atoms with van der Waals surface area (Å²) in [6.07, 6.45) is 0. The van der Waals surface area contributed by atoms with Gasteiger partial charge in [0.1, 0.15) is 0 Å². The highest BCUT2D eigenvalue weighted by Crippen LogP contribution is 2.17. The van der Waals surface area contributed by atoms with Crippen LogP contribution in [0.15, 0.2) is 35.2 Å². The first-order chi connectivity index (χ1) is 10.4. The molecule has 1 saturated heterocycles. The predicted octanol–water partition coefficient (Wildman–Crippen LogP) is 1.52. The predicted molar refractivity (Wildman–Crippen MR) is 92.2 cm³/mol. The van der Waals surface area contributed by atoms with E-state index < -0.39 is 10.0 Å². The van der Waals surface area contributed by atoms with Crippen LogP contribution in [0.2, 0.25) is 0 Å². The molecule has 0 spiro atoms. The van der Waals surface area contributed by atoms with Gasteiger partial charge < -0.3 is 10.2 Å². The molecular formula is C15H23N3O2S2. The zero-order valence-corrected chi connectivity index (χ0v) is 14.7. The van der Waals surface area contributed by atoms with Crippen molar-refractivity contribution >= 4 is 27.4 Å². The van der Waals surface area contributed by atoms with Crippen LogP contribution >= 0.6 is 12.2 Å². The molecule has 122 valence electrons. The minimum absolute atomic E-state index is 0.351. The zero-order valence-electron chi connectivity index (χ0n) is 13.0. The van der Waals surface area contributed by atoms with Crippen molar-refractivity contribution in [3.05, 3.63) is 30.3 Å². The highest BCUT2D eigenvalue weighted by Gasteiger charge is 2.28. The highest BCUT2D eigenvalue weighted by atomic mass is 32.2. The summed E-state index contributed by atoms with van der Waals surface area (Å²) in [5.41, 5.74) is 0. The maximum atomic E-state index is 12.5. The van der Waals surface area contributed by atoms with Gasteiger partial charge in [-0.3, -0.25) is 0 Å². The van der Waals surface area contributed by atoms with E-state index >= 15 is 0 Å². The van der Waals surface area contributed by atoms with Gasteiger partial charge in [-0.2, -0.15) is 4.31 Å². The summed E-state index contributed by atoms with van der Waals surface area (Å²) in [5, 5.41) is 3.94. The monoisotopic (exact) mass is 341 g/mol. The number of nitrogens with one attached hydrogen (secondary N) is 1. The number of nitrogens with zero attached hydrogens (tertiary/aromatic N) is 2. The minimum atomic E-state index is -3.39. The lowest BCUT2D eigenvalue weighted by Crippen LogP contribution is -2.53. The van der Waals surface area contributed by atoms with Gasteiger partial charge in [0.15, 0.2) is 5.11 Å². The third-order valence-corrected chi connectivity index (χ3v) is 5.88. The largest absolute Gasteiger partial charge is 0.362 e. The first-order valence-corrected chi connectivity index (χ1v) is 9.34.